The molecule has 1 saturated heterocycles. The molecule has 3 aliphatic rings. The average molecular weight is 450 g/mol. The van der Waals surface area contributed by atoms with E-state index in [-0.39, 0.29) is 12.8 Å². The van der Waals surface area contributed by atoms with Gasteiger partial charge in [0, 0.05) is 19.6 Å². The summed E-state index contributed by atoms with van der Waals surface area (Å²) < 4.78 is 24.2. The Morgan fingerprint density at radius 2 is 1.97 bits per heavy atom. The molecule has 1 N–H and O–H groups in total. The van der Waals surface area contributed by atoms with E-state index in [1.165, 1.54) is 22.3 Å². The van der Waals surface area contributed by atoms with Crippen LogP contribution in [0.25, 0.3) is 5.57 Å². The lowest BCUT2D eigenvalue weighted by Crippen LogP contribution is -2.26. The quantitative estimate of drug-likeness (QED) is 0.623. The lowest BCUT2D eigenvalue weighted by atomic mass is 9.78. The molecule has 1 atom stereocenters. The molecule has 174 valence electrons. The van der Waals surface area contributed by atoms with E-state index in [1.807, 2.05) is 12.1 Å². The van der Waals surface area contributed by atoms with Crippen molar-refractivity contribution in [2.24, 2.45) is 0 Å². The van der Waals surface area contributed by atoms with Gasteiger partial charge in [0.1, 0.15) is 17.6 Å². The molecule has 0 amide bonds. The zero-order valence-corrected chi connectivity index (χ0v) is 19.1. The number of nitrogens with zero attached hydrogens (tertiary/aromatic N) is 1. The van der Waals surface area contributed by atoms with Gasteiger partial charge in [-0.2, -0.15) is 0 Å². The number of halogens is 1. The van der Waals surface area contributed by atoms with Crippen LogP contribution in [-0.4, -0.2) is 55.6 Å². The van der Waals surface area contributed by atoms with Crippen LogP contribution in [0.1, 0.15) is 42.4 Å². The zero-order valence-electron chi connectivity index (χ0n) is 19.1. The Kier molecular flexibility index (Phi) is 6.79. The van der Waals surface area contributed by atoms with Crippen LogP contribution in [0.15, 0.2) is 59.7 Å². The molecule has 0 unspecified atom stereocenters. The third-order valence-corrected chi connectivity index (χ3v) is 6.94. The number of rotatable bonds is 7. The Hall–Kier alpha value is -2.63. The summed E-state index contributed by atoms with van der Waals surface area (Å²) in [6, 6.07) is 14.1. The summed E-state index contributed by atoms with van der Waals surface area (Å²) in [5.41, 5.74) is 7.49. The highest BCUT2D eigenvalue weighted by Gasteiger charge is 2.25. The van der Waals surface area contributed by atoms with Crippen molar-refractivity contribution in [2.75, 3.05) is 39.5 Å². The Morgan fingerprint density at radius 1 is 1.09 bits per heavy atom. The zero-order chi connectivity index (χ0) is 22.6. The van der Waals surface area contributed by atoms with Crippen LogP contribution >= 0.6 is 0 Å². The van der Waals surface area contributed by atoms with E-state index in [4.69, 9.17) is 9.47 Å². The fraction of sp³-hybridized carbons (Fsp3) is 0.429. The highest BCUT2D eigenvalue weighted by molar-refractivity contribution is 5.88. The molecule has 5 rings (SSSR count). The summed E-state index contributed by atoms with van der Waals surface area (Å²) in [6.07, 6.45) is 6.84. The third-order valence-electron chi connectivity index (χ3n) is 6.94. The van der Waals surface area contributed by atoms with E-state index in [9.17, 15) is 9.50 Å². The largest absolute Gasteiger partial charge is 0.508 e. The van der Waals surface area contributed by atoms with Gasteiger partial charge >= 0.3 is 0 Å². The van der Waals surface area contributed by atoms with Crippen molar-refractivity contribution in [3.05, 3.63) is 76.4 Å². The Labute approximate surface area is 195 Å². The molecule has 0 saturated carbocycles. The molecule has 0 radical (unpaired) electrons. The maximum atomic E-state index is 12.5. The van der Waals surface area contributed by atoms with Gasteiger partial charge in [0.2, 0.25) is 0 Å². The first-order chi connectivity index (χ1) is 16.2. The molecule has 1 aliphatic carbocycles. The number of benzene rings is 2. The molecule has 0 spiro atoms. The maximum Gasteiger partial charge on any atom is 0.119 e. The molecule has 4 nitrogen and oxygen atoms in total. The number of fused-ring (bicyclic) bond motifs is 1. The predicted molar refractivity (Wildman–Crippen MR) is 128 cm³/mol. The first kappa shape index (κ1) is 22.2. The lowest BCUT2D eigenvalue weighted by Gasteiger charge is -2.27. The van der Waals surface area contributed by atoms with Gasteiger partial charge in [-0.1, -0.05) is 24.3 Å². The summed E-state index contributed by atoms with van der Waals surface area (Å²) >= 11 is 0. The average Bonchev–Trinajstić information content (AvgIpc) is 3.30. The smallest absolute Gasteiger partial charge is 0.119 e. The van der Waals surface area contributed by atoms with Crippen LogP contribution < -0.4 is 4.74 Å². The maximum absolute atomic E-state index is 12.5. The minimum absolute atomic E-state index is 0.157. The number of hydrogen-bond acceptors (Lipinski definition) is 4. The van der Waals surface area contributed by atoms with Crippen molar-refractivity contribution in [1.82, 2.24) is 4.90 Å². The van der Waals surface area contributed by atoms with Crippen molar-refractivity contribution in [2.45, 2.75) is 38.2 Å². The van der Waals surface area contributed by atoms with E-state index in [0.717, 1.165) is 68.8 Å². The van der Waals surface area contributed by atoms with E-state index < -0.39 is 0 Å². The van der Waals surface area contributed by atoms with Gasteiger partial charge in [0.15, 0.2) is 0 Å². The number of phenols is 1. The van der Waals surface area contributed by atoms with Gasteiger partial charge in [-0.3, -0.25) is 9.29 Å². The summed E-state index contributed by atoms with van der Waals surface area (Å²) in [6.45, 7) is 3.80. The van der Waals surface area contributed by atoms with Crippen molar-refractivity contribution in [3.63, 3.8) is 0 Å². The fourth-order valence-electron chi connectivity index (χ4n) is 5.29. The van der Waals surface area contributed by atoms with Crippen molar-refractivity contribution in [3.8, 4) is 11.5 Å². The summed E-state index contributed by atoms with van der Waals surface area (Å²) in [4.78, 5) is 2.28. The molecule has 2 aliphatic heterocycles. The van der Waals surface area contributed by atoms with Gasteiger partial charge in [-0.15, -0.1) is 0 Å². The molecule has 1 fully saturated rings. The van der Waals surface area contributed by atoms with E-state index in [1.54, 1.807) is 6.07 Å². The molecular weight excluding hydrogens is 417 g/mol. The third kappa shape index (κ3) is 4.99. The van der Waals surface area contributed by atoms with Crippen molar-refractivity contribution >= 4 is 5.57 Å². The highest BCUT2D eigenvalue weighted by atomic mass is 19.1. The fourth-order valence-corrected chi connectivity index (χ4v) is 5.29. The van der Waals surface area contributed by atoms with E-state index in [2.05, 4.69) is 35.2 Å². The van der Waals surface area contributed by atoms with Crippen LogP contribution in [0.4, 0.5) is 4.39 Å². The molecule has 33 heavy (non-hydrogen) atoms. The van der Waals surface area contributed by atoms with Gasteiger partial charge in [0.25, 0.3) is 0 Å². The minimum atomic E-state index is -0.258. The number of aryl methyl sites for hydroxylation is 1. The number of allylic oxidation sites excluding steroid dienone is 1. The molecular formula is C28H32FNO3. The van der Waals surface area contributed by atoms with Gasteiger partial charge < -0.3 is 14.6 Å². The monoisotopic (exact) mass is 449 g/mol. The number of ether oxygens (including phenoxy) is 2. The first-order valence-corrected chi connectivity index (χ1v) is 12.1. The predicted octanol–water partition coefficient (Wildman–Crippen LogP) is 5.30. The van der Waals surface area contributed by atoms with Crippen LogP contribution in [0, 0.1) is 0 Å². The standard InChI is InChI=1S/C28H32FNO3/c29-13-1-14-30-15-10-25(19-30)33-24-7-3-22(4-8-24)28-26(21-11-16-32-17-12-21)9-5-20-2-6-23(31)18-27(20)28/h2-4,6-8,11,18,25,31H,1,5,9-10,12-17,19H2/t25-/m0/s1. The number of hydrogen-bond donors (Lipinski definition) is 1. The van der Waals surface area contributed by atoms with Crippen molar-refractivity contribution in [1.29, 1.82) is 0 Å². The summed E-state index contributed by atoms with van der Waals surface area (Å²) in [5, 5.41) is 10.2. The van der Waals surface area contributed by atoms with E-state index >= 15 is 0 Å². The van der Waals surface area contributed by atoms with Crippen LogP contribution in [0.2, 0.25) is 0 Å². The highest BCUT2D eigenvalue weighted by Crippen LogP contribution is 2.41. The number of aromatic hydroxyl groups is 1. The molecule has 0 aromatic heterocycles. The molecule has 0 bridgehead atoms. The Morgan fingerprint density at radius 3 is 2.76 bits per heavy atom. The molecule has 2 heterocycles. The van der Waals surface area contributed by atoms with Crippen LogP contribution in [0.3, 0.4) is 0 Å². The minimum Gasteiger partial charge on any atom is -0.508 e. The normalized spacial score (nSPS) is 21.1. The molecule has 2 aromatic carbocycles. The van der Waals surface area contributed by atoms with Gasteiger partial charge in [-0.25, -0.2) is 0 Å². The first-order valence-electron chi connectivity index (χ1n) is 12.1. The Balaban J connectivity index is 1.41. The van der Waals surface area contributed by atoms with Crippen LogP contribution in [-0.2, 0) is 11.2 Å². The van der Waals surface area contributed by atoms with Gasteiger partial charge in [-0.05, 0) is 89.8 Å². The second-order valence-electron chi connectivity index (χ2n) is 9.15. The number of phenolic OH excluding ortho intramolecular Hbond substituents is 1. The number of likely N-dealkylation sites (tertiary alicyclic amines) is 1. The van der Waals surface area contributed by atoms with Crippen molar-refractivity contribution < 1.29 is 19.0 Å². The summed E-state index contributed by atoms with van der Waals surface area (Å²) in [5.74, 6) is 1.17. The van der Waals surface area contributed by atoms with Gasteiger partial charge in [0.05, 0.1) is 19.9 Å². The lowest BCUT2D eigenvalue weighted by molar-refractivity contribution is 0.155. The van der Waals surface area contributed by atoms with Crippen LogP contribution in [0.5, 0.6) is 11.5 Å². The molecule has 5 heteroatoms. The number of alkyl halides is 1. The second-order valence-corrected chi connectivity index (χ2v) is 9.15. The molecule has 2 aromatic rings. The topological polar surface area (TPSA) is 41.9 Å². The summed E-state index contributed by atoms with van der Waals surface area (Å²) in [7, 11) is 0. The second kappa shape index (κ2) is 10.1. The van der Waals surface area contributed by atoms with E-state index in [0.29, 0.717) is 18.8 Å². The Bertz CT molecular complexity index is 1040. The SMILES string of the molecule is Oc1ccc2c(c1)C(c1ccc(O[C@H]3CCN(CCCF)C3)cc1)=C(C1=CCOCC1)CC2.